The largest absolute Gasteiger partial charge is 0.454 e. The van der Waals surface area contributed by atoms with E-state index in [1.54, 1.807) is 26.0 Å². The van der Waals surface area contributed by atoms with Crippen LogP contribution in [0.25, 0.3) is 0 Å². The van der Waals surface area contributed by atoms with E-state index in [9.17, 15) is 29.1 Å². The monoisotopic (exact) mass is 696 g/mol. The van der Waals surface area contributed by atoms with Crippen LogP contribution in [-0.2, 0) is 9.59 Å². The number of hydrogen-bond donors (Lipinski definition) is 3. The Morgan fingerprint density at radius 1 is 1.02 bits per heavy atom. The van der Waals surface area contributed by atoms with Gasteiger partial charge in [-0.3, -0.25) is 9.59 Å². The van der Waals surface area contributed by atoms with Gasteiger partial charge < -0.3 is 30.3 Å². The highest BCUT2D eigenvalue weighted by Crippen LogP contribution is 2.31. The molecule has 2 aromatic carbocycles. The van der Waals surface area contributed by atoms with E-state index >= 15 is 4.39 Å². The minimum Gasteiger partial charge on any atom is -0.454 e. The average Bonchev–Trinajstić information content (AvgIpc) is 3.10. The lowest BCUT2D eigenvalue weighted by molar-refractivity contribution is -0.132. The van der Waals surface area contributed by atoms with Crippen molar-refractivity contribution in [2.75, 3.05) is 40.1 Å². The van der Waals surface area contributed by atoms with Crippen LogP contribution in [0.5, 0.6) is 11.5 Å². The van der Waals surface area contributed by atoms with Gasteiger partial charge in [-0.15, -0.1) is 0 Å². The van der Waals surface area contributed by atoms with Gasteiger partial charge in [0.15, 0.2) is 11.6 Å². The van der Waals surface area contributed by atoms with Crippen molar-refractivity contribution in [2.24, 2.45) is 5.92 Å². The van der Waals surface area contributed by atoms with Crippen molar-refractivity contribution >= 4 is 46.7 Å². The molecule has 1 atom stereocenters. The Balaban J connectivity index is 1.13. The molecule has 2 aromatic heterocycles. The molecule has 2 aliphatic rings. The number of nitrogens with zero attached hydrogens (tertiary/aromatic N) is 6. The molecule has 0 spiro atoms. The van der Waals surface area contributed by atoms with Gasteiger partial charge in [-0.1, -0.05) is 0 Å². The van der Waals surface area contributed by atoms with Crippen LogP contribution < -0.4 is 25.2 Å². The second-order valence-electron chi connectivity index (χ2n) is 12.4. The van der Waals surface area contributed by atoms with Gasteiger partial charge in [0.2, 0.25) is 11.8 Å². The number of hydrogen-bond acceptors (Lipinski definition) is 10. The van der Waals surface area contributed by atoms with Gasteiger partial charge in [-0.2, -0.15) is 5.26 Å². The van der Waals surface area contributed by atoms with Crippen molar-refractivity contribution in [1.29, 1.82) is 5.26 Å². The number of piperidine rings is 1. The van der Waals surface area contributed by atoms with Crippen molar-refractivity contribution in [3.05, 3.63) is 90.1 Å². The molecule has 4 aromatic rings. The third-order valence-electron chi connectivity index (χ3n) is 8.53. The number of aliphatic hydroxyl groups is 1. The SMILES string of the molecule is CC(C)N1CC(C(=O)Nc2ccc(Oc3ccnc(Nc4ccc(C#N)c(N5CCC(O)CC5)n4)c3)c(F)c2)C(=O)N(c2ccc(F)cc2)C1=O. The number of benzene rings is 2. The number of amides is 4. The van der Waals surface area contributed by atoms with Crippen LogP contribution >= 0.6 is 0 Å². The third kappa shape index (κ3) is 7.71. The van der Waals surface area contributed by atoms with Crippen LogP contribution in [0.15, 0.2) is 72.9 Å². The molecular weight excluding hydrogens is 662 g/mol. The quantitative estimate of drug-likeness (QED) is 0.189. The van der Waals surface area contributed by atoms with Gasteiger partial charge in [0, 0.05) is 49.7 Å². The molecule has 51 heavy (non-hydrogen) atoms. The maximum Gasteiger partial charge on any atom is 0.331 e. The first-order valence-electron chi connectivity index (χ1n) is 16.3. The molecule has 2 saturated heterocycles. The Morgan fingerprint density at radius 2 is 1.76 bits per heavy atom. The average molecular weight is 697 g/mol. The topological polar surface area (TPSA) is 164 Å². The number of aromatic nitrogens is 2. The summed E-state index contributed by atoms with van der Waals surface area (Å²) in [6, 6.07) is 16.1. The number of anilines is 5. The minimum absolute atomic E-state index is 0.0574. The number of imide groups is 1. The number of halogens is 2. The zero-order valence-corrected chi connectivity index (χ0v) is 27.7. The molecule has 13 nitrogen and oxygen atoms in total. The van der Waals surface area contributed by atoms with Crippen LogP contribution in [0.4, 0.5) is 42.4 Å². The second-order valence-corrected chi connectivity index (χ2v) is 12.4. The van der Waals surface area contributed by atoms with Crippen LogP contribution in [-0.4, -0.2) is 69.6 Å². The van der Waals surface area contributed by atoms with E-state index in [2.05, 4.69) is 26.7 Å². The van der Waals surface area contributed by atoms with Crippen LogP contribution in [0.3, 0.4) is 0 Å². The summed E-state index contributed by atoms with van der Waals surface area (Å²) in [5.74, 6) is -2.84. The van der Waals surface area contributed by atoms with Gasteiger partial charge in [0.05, 0.1) is 17.4 Å². The normalized spacial score (nSPS) is 16.6. The Hall–Kier alpha value is -6.14. The highest BCUT2D eigenvalue weighted by molar-refractivity contribution is 6.23. The first-order valence-corrected chi connectivity index (χ1v) is 16.3. The maximum atomic E-state index is 15.3. The van der Waals surface area contributed by atoms with Crippen LogP contribution in [0.1, 0.15) is 32.3 Å². The van der Waals surface area contributed by atoms with Crippen molar-refractivity contribution < 1.29 is 33.0 Å². The number of nitrogens with one attached hydrogen (secondary N) is 2. The molecule has 1 unspecified atom stereocenters. The van der Waals surface area contributed by atoms with E-state index in [4.69, 9.17) is 4.74 Å². The van der Waals surface area contributed by atoms with Gasteiger partial charge in [-0.25, -0.2) is 28.4 Å². The van der Waals surface area contributed by atoms with Crippen LogP contribution in [0, 0.1) is 28.9 Å². The highest BCUT2D eigenvalue weighted by Gasteiger charge is 2.44. The molecule has 262 valence electrons. The molecule has 2 aliphatic heterocycles. The lowest BCUT2D eigenvalue weighted by atomic mass is 10.0. The molecule has 6 rings (SSSR count). The number of carbonyl (C=O) groups excluding carboxylic acids is 3. The summed E-state index contributed by atoms with van der Waals surface area (Å²) in [4.78, 5) is 53.0. The summed E-state index contributed by atoms with van der Waals surface area (Å²) >= 11 is 0. The molecule has 4 amide bonds. The Morgan fingerprint density at radius 3 is 2.45 bits per heavy atom. The zero-order valence-electron chi connectivity index (χ0n) is 27.7. The zero-order chi connectivity index (χ0) is 36.2. The van der Waals surface area contributed by atoms with Gasteiger partial charge in [0.1, 0.15) is 41.0 Å². The number of ether oxygens (including phenoxy) is 1. The van der Waals surface area contributed by atoms with Crippen molar-refractivity contribution in [1.82, 2.24) is 14.9 Å². The molecule has 0 aliphatic carbocycles. The van der Waals surface area contributed by atoms with Gasteiger partial charge >= 0.3 is 6.03 Å². The van der Waals surface area contributed by atoms with E-state index in [1.807, 2.05) is 4.90 Å². The molecule has 0 bridgehead atoms. The standard InChI is InChI=1S/C36H34F2N8O5/c1-21(2)45-20-28(35(49)46(36(45)50)25-7-4-23(37)5-8-25)34(48)41-24-6-9-30(29(38)17-24)51-27-11-14-40-32(18-27)42-31-10-3-22(19-39)33(43-31)44-15-12-26(47)13-16-44/h3-11,14,17-18,21,26,28,47H,12-13,15-16,20H2,1-2H3,(H,41,48)(H,40,42,43). The fraction of sp³-hybridized carbons (Fsp3) is 0.278. The van der Waals surface area contributed by atoms with Crippen LogP contribution in [0.2, 0.25) is 0 Å². The van der Waals surface area contributed by atoms with E-state index in [1.165, 1.54) is 47.5 Å². The first-order chi connectivity index (χ1) is 24.5. The molecule has 3 N–H and O–H groups in total. The number of pyridine rings is 2. The number of aliphatic hydroxyl groups excluding tert-OH is 1. The van der Waals surface area contributed by atoms with E-state index in [0.29, 0.717) is 48.9 Å². The summed E-state index contributed by atoms with van der Waals surface area (Å²) in [5.41, 5.74) is 0.581. The number of nitriles is 1. The summed E-state index contributed by atoms with van der Waals surface area (Å²) in [7, 11) is 0. The molecule has 2 fully saturated rings. The van der Waals surface area contributed by atoms with Crippen molar-refractivity contribution in [2.45, 2.75) is 38.8 Å². The Kier molecular flexibility index (Phi) is 10.1. The predicted octanol–water partition coefficient (Wildman–Crippen LogP) is 5.56. The summed E-state index contributed by atoms with van der Waals surface area (Å²) in [6.45, 7) is 4.42. The fourth-order valence-electron chi connectivity index (χ4n) is 5.80. The van der Waals surface area contributed by atoms with E-state index < -0.39 is 35.4 Å². The maximum absolute atomic E-state index is 15.3. The summed E-state index contributed by atoms with van der Waals surface area (Å²) in [5, 5.41) is 25.1. The number of urea groups is 1. The van der Waals surface area contributed by atoms with Crippen molar-refractivity contribution in [3.63, 3.8) is 0 Å². The molecular formula is C36H34F2N8O5. The first kappa shape index (κ1) is 34.7. The Labute approximate surface area is 292 Å². The van der Waals surface area contributed by atoms with Gasteiger partial charge in [-0.05, 0) is 81.3 Å². The fourth-order valence-corrected chi connectivity index (χ4v) is 5.80. The molecule has 15 heteroatoms. The van der Waals surface area contributed by atoms with E-state index in [0.717, 1.165) is 23.1 Å². The summed E-state index contributed by atoms with van der Waals surface area (Å²) in [6.07, 6.45) is 2.23. The molecule has 0 saturated carbocycles. The smallest absolute Gasteiger partial charge is 0.331 e. The van der Waals surface area contributed by atoms with E-state index in [-0.39, 0.29) is 41.6 Å². The predicted molar refractivity (Wildman–Crippen MR) is 184 cm³/mol. The third-order valence-corrected chi connectivity index (χ3v) is 8.53. The lowest BCUT2D eigenvalue weighted by Crippen LogP contribution is -2.61. The minimum atomic E-state index is -1.31. The Bertz CT molecular complexity index is 2000. The highest BCUT2D eigenvalue weighted by atomic mass is 19.1. The van der Waals surface area contributed by atoms with Gasteiger partial charge in [0.25, 0.3) is 0 Å². The molecule has 4 heterocycles. The summed E-state index contributed by atoms with van der Waals surface area (Å²) < 4.78 is 34.6. The van der Waals surface area contributed by atoms with Crippen molar-refractivity contribution in [3.8, 4) is 17.6 Å². The number of rotatable bonds is 9. The molecule has 0 radical (unpaired) electrons. The number of carbonyl (C=O) groups is 3. The second kappa shape index (κ2) is 14.8. The lowest BCUT2D eigenvalue weighted by Gasteiger charge is -2.39.